The van der Waals surface area contributed by atoms with Crippen LogP contribution in [0, 0.1) is 23.2 Å². The van der Waals surface area contributed by atoms with Gasteiger partial charge < -0.3 is 10.6 Å². The highest BCUT2D eigenvalue weighted by molar-refractivity contribution is 5.83. The summed E-state index contributed by atoms with van der Waals surface area (Å²) >= 11 is 0. The second-order valence-electron chi connectivity index (χ2n) is 5.43. The quantitative estimate of drug-likeness (QED) is 0.768. The number of nitriles is 1. The first kappa shape index (κ1) is 11.4. The molecule has 1 saturated carbocycles. The number of nitrogens with two attached hydrogens (primary N) is 1. The normalized spacial score (nSPS) is 33.4. The Bertz CT molecular complexity index is 334. The summed E-state index contributed by atoms with van der Waals surface area (Å²) in [4.78, 5) is 13.9. The summed E-state index contributed by atoms with van der Waals surface area (Å²) in [5, 5.41) is 9.00. The minimum atomic E-state index is -0.435. The number of piperidine rings is 1. The van der Waals surface area contributed by atoms with Crippen molar-refractivity contribution in [1.29, 1.82) is 5.26 Å². The number of likely N-dealkylation sites (tertiary alicyclic amines) is 1. The second kappa shape index (κ2) is 4.06. The monoisotopic (exact) mass is 221 g/mol. The van der Waals surface area contributed by atoms with Crippen LogP contribution in [-0.4, -0.2) is 28.9 Å². The van der Waals surface area contributed by atoms with E-state index in [2.05, 4.69) is 19.9 Å². The standard InChI is InChI=1S/C12H19N3O/c1-7(2)3-10(14)12(16)15-9(6-13)4-8-5-11(8)15/h7-11H,3-5,14H2,1-2H3/t8-,9+,10+,11+/m1/s1. The average molecular weight is 221 g/mol. The maximum atomic E-state index is 12.1. The molecule has 0 aromatic heterocycles. The van der Waals surface area contributed by atoms with Crippen LogP contribution in [0.15, 0.2) is 0 Å². The fraction of sp³-hybridized carbons (Fsp3) is 0.833. The topological polar surface area (TPSA) is 70.1 Å². The van der Waals surface area contributed by atoms with E-state index in [0.717, 1.165) is 12.8 Å². The van der Waals surface area contributed by atoms with Gasteiger partial charge in [-0.15, -0.1) is 0 Å². The number of carbonyl (C=O) groups excluding carboxylic acids is 1. The van der Waals surface area contributed by atoms with Gasteiger partial charge in [-0.1, -0.05) is 13.8 Å². The van der Waals surface area contributed by atoms with Crippen molar-refractivity contribution in [3.8, 4) is 6.07 Å². The summed E-state index contributed by atoms with van der Waals surface area (Å²) in [7, 11) is 0. The van der Waals surface area contributed by atoms with Gasteiger partial charge in [0.05, 0.1) is 12.1 Å². The largest absolute Gasteiger partial charge is 0.322 e. The zero-order valence-corrected chi connectivity index (χ0v) is 9.89. The lowest BCUT2D eigenvalue weighted by Gasteiger charge is -2.26. The van der Waals surface area contributed by atoms with E-state index in [1.54, 1.807) is 4.90 Å². The Morgan fingerprint density at radius 2 is 2.25 bits per heavy atom. The molecule has 1 aliphatic heterocycles. The van der Waals surface area contributed by atoms with Crippen molar-refractivity contribution >= 4 is 5.91 Å². The molecule has 2 N–H and O–H groups in total. The van der Waals surface area contributed by atoms with Crippen molar-refractivity contribution < 1.29 is 4.79 Å². The number of nitrogens with zero attached hydrogens (tertiary/aromatic N) is 2. The van der Waals surface area contributed by atoms with E-state index in [1.165, 1.54) is 0 Å². The first-order valence-corrected chi connectivity index (χ1v) is 6.02. The van der Waals surface area contributed by atoms with Gasteiger partial charge in [0.1, 0.15) is 6.04 Å². The van der Waals surface area contributed by atoms with E-state index in [4.69, 9.17) is 11.0 Å². The number of carbonyl (C=O) groups is 1. The molecule has 4 atom stereocenters. The van der Waals surface area contributed by atoms with Crippen LogP contribution in [0.5, 0.6) is 0 Å². The summed E-state index contributed by atoms with van der Waals surface area (Å²) in [6.07, 6.45) is 2.62. The van der Waals surface area contributed by atoms with Gasteiger partial charge in [0.2, 0.25) is 5.91 Å². The van der Waals surface area contributed by atoms with Crippen molar-refractivity contribution in [2.75, 3.05) is 0 Å². The zero-order chi connectivity index (χ0) is 11.9. The molecule has 1 amide bonds. The highest BCUT2D eigenvalue weighted by Crippen LogP contribution is 2.47. The number of amides is 1. The lowest BCUT2D eigenvalue weighted by Crippen LogP contribution is -2.47. The molecule has 4 heteroatoms. The molecule has 1 saturated heterocycles. The highest BCUT2D eigenvalue weighted by atomic mass is 16.2. The molecule has 2 aliphatic rings. The Morgan fingerprint density at radius 3 is 2.81 bits per heavy atom. The molecular weight excluding hydrogens is 202 g/mol. The number of rotatable bonds is 3. The van der Waals surface area contributed by atoms with Crippen molar-refractivity contribution in [3.05, 3.63) is 0 Å². The number of fused-ring (bicyclic) bond motifs is 1. The summed E-state index contributed by atoms with van der Waals surface area (Å²) in [6, 6.07) is 1.87. The molecule has 2 rings (SSSR count). The summed E-state index contributed by atoms with van der Waals surface area (Å²) < 4.78 is 0. The van der Waals surface area contributed by atoms with E-state index in [1.807, 2.05) is 0 Å². The molecule has 0 spiro atoms. The van der Waals surface area contributed by atoms with Crippen molar-refractivity contribution in [2.45, 2.75) is 51.2 Å². The molecular formula is C12H19N3O. The molecule has 88 valence electrons. The predicted octanol–water partition coefficient (Wildman–Crippen LogP) is 0.873. The van der Waals surface area contributed by atoms with Gasteiger partial charge in [-0.2, -0.15) is 5.26 Å². The van der Waals surface area contributed by atoms with E-state index in [9.17, 15) is 4.79 Å². The Hall–Kier alpha value is -1.08. The Labute approximate surface area is 96.4 Å². The van der Waals surface area contributed by atoms with Gasteiger partial charge >= 0.3 is 0 Å². The Balaban J connectivity index is 2.01. The SMILES string of the molecule is CC(C)C[C@H](N)C(=O)N1[C@H](C#N)C[C@@H]2C[C@@H]21. The van der Waals surface area contributed by atoms with Crippen molar-refractivity contribution in [2.24, 2.45) is 17.6 Å². The Kier molecular flexibility index (Phi) is 2.90. The van der Waals surface area contributed by atoms with Gasteiger partial charge in [-0.25, -0.2) is 0 Å². The number of hydrogen-bond acceptors (Lipinski definition) is 3. The van der Waals surface area contributed by atoms with Crippen molar-refractivity contribution in [1.82, 2.24) is 4.90 Å². The van der Waals surface area contributed by atoms with Crippen LogP contribution < -0.4 is 5.73 Å². The molecule has 4 nitrogen and oxygen atoms in total. The fourth-order valence-electron chi connectivity index (χ4n) is 2.69. The van der Waals surface area contributed by atoms with E-state index in [-0.39, 0.29) is 11.9 Å². The third-order valence-corrected chi connectivity index (χ3v) is 3.55. The van der Waals surface area contributed by atoms with Gasteiger partial charge in [-0.05, 0) is 31.1 Å². The van der Waals surface area contributed by atoms with Crippen LogP contribution in [0.2, 0.25) is 0 Å². The maximum absolute atomic E-state index is 12.1. The smallest absolute Gasteiger partial charge is 0.240 e. The summed E-state index contributed by atoms with van der Waals surface area (Å²) in [5.41, 5.74) is 5.90. The molecule has 2 fully saturated rings. The molecule has 0 radical (unpaired) electrons. The van der Waals surface area contributed by atoms with Crippen LogP contribution in [0.4, 0.5) is 0 Å². The molecule has 1 heterocycles. The maximum Gasteiger partial charge on any atom is 0.240 e. The van der Waals surface area contributed by atoms with Crippen molar-refractivity contribution in [3.63, 3.8) is 0 Å². The lowest BCUT2D eigenvalue weighted by atomic mass is 10.0. The number of hydrogen-bond donors (Lipinski definition) is 1. The molecule has 0 aromatic carbocycles. The summed E-state index contributed by atoms with van der Waals surface area (Å²) in [6.45, 7) is 4.11. The van der Waals surface area contributed by atoms with Crippen LogP contribution in [0.1, 0.15) is 33.1 Å². The highest BCUT2D eigenvalue weighted by Gasteiger charge is 2.54. The average Bonchev–Trinajstić information content (AvgIpc) is 2.88. The van der Waals surface area contributed by atoms with E-state index >= 15 is 0 Å². The molecule has 16 heavy (non-hydrogen) atoms. The van der Waals surface area contributed by atoms with Crippen LogP contribution in [0.3, 0.4) is 0 Å². The van der Waals surface area contributed by atoms with Crippen LogP contribution in [0.25, 0.3) is 0 Å². The van der Waals surface area contributed by atoms with Crippen LogP contribution >= 0.6 is 0 Å². The second-order valence-corrected chi connectivity index (χ2v) is 5.43. The van der Waals surface area contributed by atoms with Gasteiger partial charge in [-0.3, -0.25) is 4.79 Å². The molecule has 0 bridgehead atoms. The van der Waals surface area contributed by atoms with E-state index in [0.29, 0.717) is 24.3 Å². The van der Waals surface area contributed by atoms with Gasteiger partial charge in [0, 0.05) is 6.04 Å². The predicted molar refractivity (Wildman–Crippen MR) is 60.2 cm³/mol. The van der Waals surface area contributed by atoms with Gasteiger partial charge in [0.25, 0.3) is 0 Å². The molecule has 0 unspecified atom stereocenters. The Morgan fingerprint density at radius 1 is 1.56 bits per heavy atom. The molecule has 1 aliphatic carbocycles. The fourth-order valence-corrected chi connectivity index (χ4v) is 2.69. The lowest BCUT2D eigenvalue weighted by molar-refractivity contribution is -0.133. The first-order valence-electron chi connectivity index (χ1n) is 6.02. The molecule has 0 aromatic rings. The third-order valence-electron chi connectivity index (χ3n) is 3.55. The first-order chi connectivity index (χ1) is 7.54. The third kappa shape index (κ3) is 1.92. The van der Waals surface area contributed by atoms with E-state index < -0.39 is 6.04 Å². The minimum Gasteiger partial charge on any atom is -0.322 e. The zero-order valence-electron chi connectivity index (χ0n) is 9.89. The minimum absolute atomic E-state index is 0.0229. The van der Waals surface area contributed by atoms with Gasteiger partial charge in [0.15, 0.2) is 0 Å². The summed E-state index contributed by atoms with van der Waals surface area (Å²) in [5.74, 6) is 0.960. The van der Waals surface area contributed by atoms with Crippen LogP contribution in [-0.2, 0) is 4.79 Å².